The molecule has 0 aliphatic carbocycles. The van der Waals surface area contributed by atoms with Crippen LogP contribution >= 0.6 is 0 Å². The summed E-state index contributed by atoms with van der Waals surface area (Å²) in [4.78, 5) is 0. The van der Waals surface area contributed by atoms with Crippen molar-refractivity contribution in [2.75, 3.05) is 0 Å². The van der Waals surface area contributed by atoms with Crippen LogP contribution in [0.25, 0.3) is 0 Å². The van der Waals surface area contributed by atoms with Crippen molar-refractivity contribution in [3.63, 3.8) is 0 Å². The van der Waals surface area contributed by atoms with Crippen molar-refractivity contribution in [2.45, 2.75) is 13.5 Å². The van der Waals surface area contributed by atoms with Gasteiger partial charge in [-0.15, -0.1) is 0 Å². The molecule has 0 amide bonds. The average Bonchev–Trinajstić information content (AvgIpc) is 2.48. The molecule has 1 aromatic carbocycles. The van der Waals surface area contributed by atoms with Gasteiger partial charge in [-0.25, -0.2) is 0 Å². The van der Waals surface area contributed by atoms with Crippen molar-refractivity contribution in [1.29, 1.82) is 0 Å². The summed E-state index contributed by atoms with van der Waals surface area (Å²) < 4.78 is 1.62. The fourth-order valence-electron chi connectivity index (χ4n) is 1.54. The Morgan fingerprint density at radius 2 is 1.80 bits per heavy atom. The maximum atomic E-state index is 9.68. The normalized spacial score (nSPS) is 10.5. The molecule has 78 valence electrons. The zero-order chi connectivity index (χ0) is 10.8. The Labute approximate surface area is 88.2 Å². The van der Waals surface area contributed by atoms with Gasteiger partial charge in [-0.3, -0.25) is 0 Å². The topological polar surface area (TPSA) is 45.4 Å². The molecular weight excluding hydrogens is 190 g/mol. The largest absolute Gasteiger partial charge is 0.506 e. The molecule has 0 aliphatic rings. The summed E-state index contributed by atoms with van der Waals surface area (Å²) in [6.45, 7) is 2.25. The van der Waals surface area contributed by atoms with Gasteiger partial charge in [-0.1, -0.05) is 30.3 Å². The van der Waals surface area contributed by atoms with E-state index in [9.17, 15) is 10.2 Å². The lowest BCUT2D eigenvalue weighted by Gasteiger charge is -2.04. The number of hydrogen-bond acceptors (Lipinski definition) is 2. The zero-order valence-electron chi connectivity index (χ0n) is 8.51. The Morgan fingerprint density at radius 3 is 2.33 bits per heavy atom. The van der Waals surface area contributed by atoms with E-state index in [1.54, 1.807) is 11.5 Å². The molecule has 15 heavy (non-hydrogen) atoms. The van der Waals surface area contributed by atoms with E-state index < -0.39 is 0 Å². The molecule has 0 radical (unpaired) electrons. The Morgan fingerprint density at radius 1 is 1.13 bits per heavy atom. The second kappa shape index (κ2) is 3.69. The monoisotopic (exact) mass is 203 g/mol. The summed E-state index contributed by atoms with van der Waals surface area (Å²) in [5.41, 5.74) is 1.61. The number of nitrogens with zero attached hydrogens (tertiary/aromatic N) is 1. The Bertz CT molecular complexity index is 460. The molecule has 2 N–H and O–H groups in total. The van der Waals surface area contributed by atoms with E-state index in [1.165, 1.54) is 6.20 Å². The van der Waals surface area contributed by atoms with Crippen molar-refractivity contribution in [3.8, 4) is 11.6 Å². The maximum Gasteiger partial charge on any atom is 0.198 e. The van der Waals surface area contributed by atoms with Gasteiger partial charge in [0.1, 0.15) is 5.75 Å². The predicted molar refractivity (Wildman–Crippen MR) is 58.0 cm³/mol. The summed E-state index contributed by atoms with van der Waals surface area (Å²) >= 11 is 0. The predicted octanol–water partition coefficient (Wildman–Crippen LogP) is 2.26. The van der Waals surface area contributed by atoms with Crippen LogP contribution in [-0.2, 0) is 6.54 Å². The first-order valence-corrected chi connectivity index (χ1v) is 4.80. The van der Waals surface area contributed by atoms with Crippen LogP contribution in [0.5, 0.6) is 11.6 Å². The highest BCUT2D eigenvalue weighted by atomic mass is 16.3. The molecule has 1 heterocycles. The summed E-state index contributed by atoms with van der Waals surface area (Å²) in [7, 11) is 0. The van der Waals surface area contributed by atoms with Crippen molar-refractivity contribution in [1.82, 2.24) is 4.57 Å². The van der Waals surface area contributed by atoms with Gasteiger partial charge in [0.25, 0.3) is 0 Å². The van der Waals surface area contributed by atoms with Crippen LogP contribution < -0.4 is 0 Å². The van der Waals surface area contributed by atoms with Crippen molar-refractivity contribution in [3.05, 3.63) is 47.7 Å². The third-order valence-corrected chi connectivity index (χ3v) is 2.47. The van der Waals surface area contributed by atoms with Gasteiger partial charge >= 0.3 is 0 Å². The zero-order valence-corrected chi connectivity index (χ0v) is 8.51. The Hall–Kier alpha value is -1.90. The molecule has 0 spiro atoms. The summed E-state index contributed by atoms with van der Waals surface area (Å²) in [5.74, 6) is 0.250. The van der Waals surface area contributed by atoms with Gasteiger partial charge in [-0.05, 0) is 12.5 Å². The quantitative estimate of drug-likeness (QED) is 0.786. The SMILES string of the molecule is Cc1c(O)cn(Cc2ccccc2)c1O. The van der Waals surface area contributed by atoms with Gasteiger partial charge in [0.15, 0.2) is 5.88 Å². The first-order valence-electron chi connectivity index (χ1n) is 4.80. The summed E-state index contributed by atoms with van der Waals surface area (Å²) in [6, 6.07) is 9.80. The number of aromatic nitrogens is 1. The third-order valence-electron chi connectivity index (χ3n) is 2.47. The summed E-state index contributed by atoms with van der Waals surface area (Å²) in [5, 5.41) is 19.1. The molecule has 0 saturated carbocycles. The minimum atomic E-state index is 0.122. The van der Waals surface area contributed by atoms with Crippen LogP contribution in [0.4, 0.5) is 0 Å². The first kappa shape index (κ1) is 9.65. The van der Waals surface area contributed by atoms with Crippen LogP contribution in [0.3, 0.4) is 0 Å². The number of benzene rings is 1. The fraction of sp³-hybridized carbons (Fsp3) is 0.167. The highest BCUT2D eigenvalue weighted by Crippen LogP contribution is 2.28. The molecule has 0 bridgehead atoms. The molecule has 0 aliphatic heterocycles. The molecule has 0 atom stereocenters. The Balaban J connectivity index is 2.29. The smallest absolute Gasteiger partial charge is 0.198 e. The highest BCUT2D eigenvalue weighted by Gasteiger charge is 2.09. The Kier molecular flexibility index (Phi) is 2.37. The standard InChI is InChI=1S/C12H13NO2/c1-9-11(14)8-13(12(9)15)7-10-5-3-2-4-6-10/h2-6,8,14-15H,7H2,1H3. The van der Waals surface area contributed by atoms with E-state index in [1.807, 2.05) is 30.3 Å². The highest BCUT2D eigenvalue weighted by molar-refractivity contribution is 5.39. The maximum absolute atomic E-state index is 9.68. The van der Waals surface area contributed by atoms with E-state index in [0.717, 1.165) is 5.56 Å². The lowest BCUT2D eigenvalue weighted by atomic mass is 10.2. The second-order valence-corrected chi connectivity index (χ2v) is 3.58. The molecule has 1 aromatic heterocycles. The van der Waals surface area contributed by atoms with Crippen LogP contribution in [0.15, 0.2) is 36.5 Å². The van der Waals surface area contributed by atoms with Crippen LogP contribution in [-0.4, -0.2) is 14.8 Å². The van der Waals surface area contributed by atoms with Gasteiger partial charge in [0, 0.05) is 6.20 Å². The lowest BCUT2D eigenvalue weighted by molar-refractivity contribution is 0.420. The summed E-state index contributed by atoms with van der Waals surface area (Å²) in [6.07, 6.45) is 1.54. The van der Waals surface area contributed by atoms with Crippen molar-refractivity contribution >= 4 is 0 Å². The molecule has 3 heteroatoms. The molecule has 0 saturated heterocycles. The third kappa shape index (κ3) is 1.81. The van der Waals surface area contributed by atoms with E-state index in [-0.39, 0.29) is 11.6 Å². The van der Waals surface area contributed by atoms with Gasteiger partial charge in [0.2, 0.25) is 0 Å². The van der Waals surface area contributed by atoms with Crippen LogP contribution in [0, 0.1) is 6.92 Å². The lowest BCUT2D eigenvalue weighted by Crippen LogP contribution is -1.96. The van der Waals surface area contributed by atoms with Gasteiger partial charge < -0.3 is 14.8 Å². The van der Waals surface area contributed by atoms with Crippen LogP contribution in [0.1, 0.15) is 11.1 Å². The first-order chi connectivity index (χ1) is 7.18. The molecular formula is C12H13NO2. The van der Waals surface area contributed by atoms with E-state index in [0.29, 0.717) is 12.1 Å². The number of aromatic hydroxyl groups is 2. The molecule has 2 rings (SSSR count). The minimum Gasteiger partial charge on any atom is -0.506 e. The average molecular weight is 203 g/mol. The van der Waals surface area contributed by atoms with Crippen molar-refractivity contribution in [2.24, 2.45) is 0 Å². The van der Waals surface area contributed by atoms with Crippen LogP contribution in [0.2, 0.25) is 0 Å². The van der Waals surface area contributed by atoms with E-state index in [2.05, 4.69) is 0 Å². The van der Waals surface area contributed by atoms with E-state index in [4.69, 9.17) is 0 Å². The minimum absolute atomic E-state index is 0.122. The number of rotatable bonds is 2. The van der Waals surface area contributed by atoms with Gasteiger partial charge in [-0.2, -0.15) is 0 Å². The van der Waals surface area contributed by atoms with Gasteiger partial charge in [0.05, 0.1) is 12.1 Å². The second-order valence-electron chi connectivity index (χ2n) is 3.58. The molecule has 3 nitrogen and oxygen atoms in total. The number of hydrogen-bond donors (Lipinski definition) is 2. The van der Waals surface area contributed by atoms with Crippen molar-refractivity contribution < 1.29 is 10.2 Å². The fourth-order valence-corrected chi connectivity index (χ4v) is 1.54. The molecule has 0 fully saturated rings. The molecule has 2 aromatic rings. The molecule has 0 unspecified atom stereocenters. The van der Waals surface area contributed by atoms with E-state index >= 15 is 0 Å².